The van der Waals surface area contributed by atoms with Crippen LogP contribution in [0.2, 0.25) is 0 Å². The van der Waals surface area contributed by atoms with Crippen molar-refractivity contribution in [1.29, 1.82) is 0 Å². The first kappa shape index (κ1) is 16.0. The summed E-state index contributed by atoms with van der Waals surface area (Å²) in [6.45, 7) is 0. The highest BCUT2D eigenvalue weighted by Crippen LogP contribution is 2.40. The van der Waals surface area contributed by atoms with Crippen LogP contribution in [0.3, 0.4) is 0 Å². The van der Waals surface area contributed by atoms with E-state index in [9.17, 15) is 9.59 Å². The molecule has 0 aromatic heterocycles. The summed E-state index contributed by atoms with van der Waals surface area (Å²) in [4.78, 5) is 33.5. The number of ketones is 1. The Hall–Kier alpha value is -2.90. The molecule has 5 N–H and O–H groups in total. The van der Waals surface area contributed by atoms with Crippen molar-refractivity contribution < 1.29 is 14.7 Å². The summed E-state index contributed by atoms with van der Waals surface area (Å²) < 4.78 is 0. The van der Waals surface area contributed by atoms with Crippen LogP contribution in [0, 0.1) is 0 Å². The van der Waals surface area contributed by atoms with E-state index in [2.05, 4.69) is 9.98 Å². The number of carboxylic acids is 1. The number of rotatable bonds is 3. The first-order chi connectivity index (χ1) is 11.4. The Morgan fingerprint density at radius 2 is 1.79 bits per heavy atom. The highest BCUT2D eigenvalue weighted by Gasteiger charge is 2.43. The summed E-state index contributed by atoms with van der Waals surface area (Å²) in [6, 6.07) is 6.46. The van der Waals surface area contributed by atoms with Crippen molar-refractivity contribution in [3.63, 3.8) is 0 Å². The van der Waals surface area contributed by atoms with Crippen molar-refractivity contribution in [2.24, 2.45) is 21.5 Å². The van der Waals surface area contributed by atoms with Crippen molar-refractivity contribution >= 4 is 29.4 Å². The zero-order valence-electron chi connectivity index (χ0n) is 13.1. The zero-order chi connectivity index (χ0) is 17.3. The molecular formula is C16H19N5O3. The molecular weight excluding hydrogens is 310 g/mol. The van der Waals surface area contributed by atoms with E-state index in [4.69, 9.17) is 16.6 Å². The maximum absolute atomic E-state index is 12.1. The van der Waals surface area contributed by atoms with Gasteiger partial charge in [-0.3, -0.25) is 9.69 Å². The number of Topliss-reactive ketones (excluding diaryl/α,β-unsaturated/α-hetero) is 1. The van der Waals surface area contributed by atoms with Gasteiger partial charge in [-0.05, 0) is 37.8 Å². The van der Waals surface area contributed by atoms with Crippen LogP contribution in [0.4, 0.5) is 5.69 Å². The topological polar surface area (TPSA) is 134 Å². The molecule has 1 saturated carbocycles. The van der Waals surface area contributed by atoms with E-state index in [1.165, 1.54) is 6.07 Å². The third-order valence-electron chi connectivity index (χ3n) is 4.44. The zero-order valence-corrected chi connectivity index (χ0v) is 13.1. The molecule has 0 unspecified atom stereocenters. The van der Waals surface area contributed by atoms with Crippen LogP contribution in [-0.4, -0.2) is 34.4 Å². The molecule has 24 heavy (non-hydrogen) atoms. The van der Waals surface area contributed by atoms with E-state index in [0.29, 0.717) is 18.5 Å². The van der Waals surface area contributed by atoms with Gasteiger partial charge < -0.3 is 16.6 Å². The minimum atomic E-state index is -1.52. The van der Waals surface area contributed by atoms with Gasteiger partial charge in [0.1, 0.15) is 5.66 Å². The highest BCUT2D eigenvalue weighted by molar-refractivity contribution is 6.41. The Morgan fingerprint density at radius 3 is 2.46 bits per heavy atom. The lowest BCUT2D eigenvalue weighted by molar-refractivity contribution is -0.131. The molecule has 0 radical (unpaired) electrons. The summed E-state index contributed by atoms with van der Waals surface area (Å²) in [7, 11) is 0. The Morgan fingerprint density at radius 1 is 1.12 bits per heavy atom. The van der Waals surface area contributed by atoms with Crippen molar-refractivity contribution in [1.82, 2.24) is 0 Å². The lowest BCUT2D eigenvalue weighted by atomic mass is 9.86. The second kappa shape index (κ2) is 5.95. The summed E-state index contributed by atoms with van der Waals surface area (Å²) in [6.07, 6.45) is 4.38. The number of aliphatic imine (C=N–C) groups is 2. The van der Waals surface area contributed by atoms with Gasteiger partial charge in [0.15, 0.2) is 0 Å². The quantitative estimate of drug-likeness (QED) is 0.561. The molecule has 1 heterocycles. The third-order valence-corrected chi connectivity index (χ3v) is 4.44. The summed E-state index contributed by atoms with van der Waals surface area (Å²) in [5.41, 5.74) is 11.7. The van der Waals surface area contributed by atoms with Crippen molar-refractivity contribution in [3.8, 4) is 0 Å². The number of benzene rings is 1. The van der Waals surface area contributed by atoms with Crippen LogP contribution in [0.25, 0.3) is 0 Å². The number of hydrogen-bond donors (Lipinski definition) is 3. The van der Waals surface area contributed by atoms with E-state index in [1.807, 2.05) is 0 Å². The number of hydrogen-bond acceptors (Lipinski definition) is 7. The molecule has 8 nitrogen and oxygen atoms in total. The number of guanidine groups is 2. The maximum Gasteiger partial charge on any atom is 0.377 e. The molecule has 1 fully saturated rings. The highest BCUT2D eigenvalue weighted by atomic mass is 16.4. The standard InChI is InChI=1S/C16H19N5O3/c17-14-19-15(18)21(16(20-14)8-4-1-5-9-16)11-7-3-2-6-10(11)12(22)13(23)24/h2-3,6-7H,1,4-5,8-9H2,(H,23,24)(H4,17,18,19,20). The molecule has 0 atom stereocenters. The number of carboxylic acid groups (broad SMARTS) is 1. The molecule has 0 bridgehead atoms. The Bertz CT molecular complexity index is 750. The van der Waals surface area contributed by atoms with Crippen molar-refractivity contribution in [3.05, 3.63) is 29.8 Å². The first-order valence-corrected chi connectivity index (χ1v) is 7.81. The number of aliphatic carboxylic acids is 1. The number of para-hydroxylation sites is 1. The fourth-order valence-corrected chi connectivity index (χ4v) is 3.45. The Balaban J connectivity index is 2.15. The fraction of sp³-hybridized carbons (Fsp3) is 0.375. The average molecular weight is 329 g/mol. The van der Waals surface area contributed by atoms with Crippen LogP contribution in [0.5, 0.6) is 0 Å². The van der Waals surface area contributed by atoms with Gasteiger partial charge in [-0.15, -0.1) is 0 Å². The smallest absolute Gasteiger partial charge is 0.377 e. The van der Waals surface area contributed by atoms with Crippen molar-refractivity contribution in [2.45, 2.75) is 37.8 Å². The SMILES string of the molecule is NC1=NC2(CCCCC2)N(c2ccccc2C(=O)C(=O)O)C(N)=N1. The van der Waals surface area contributed by atoms with Gasteiger partial charge >= 0.3 is 5.97 Å². The predicted octanol–water partition coefficient (Wildman–Crippen LogP) is 1.06. The van der Waals surface area contributed by atoms with Gasteiger partial charge in [0.25, 0.3) is 5.78 Å². The number of nitrogens with zero attached hydrogens (tertiary/aromatic N) is 3. The lowest BCUT2D eigenvalue weighted by Gasteiger charge is -2.46. The Kier molecular flexibility index (Phi) is 3.96. The van der Waals surface area contributed by atoms with E-state index in [-0.39, 0.29) is 17.5 Å². The van der Waals surface area contributed by atoms with Gasteiger partial charge in [-0.2, -0.15) is 4.99 Å². The summed E-state index contributed by atoms with van der Waals surface area (Å²) >= 11 is 0. The third kappa shape index (κ3) is 2.60. The molecule has 8 heteroatoms. The Labute approximate surface area is 138 Å². The second-order valence-corrected chi connectivity index (χ2v) is 5.97. The molecule has 1 aliphatic carbocycles. The first-order valence-electron chi connectivity index (χ1n) is 7.81. The normalized spacial score (nSPS) is 19.6. The minimum absolute atomic E-state index is 0.0590. The average Bonchev–Trinajstić information content (AvgIpc) is 2.54. The largest absolute Gasteiger partial charge is 0.475 e. The van der Waals surface area contributed by atoms with Crippen LogP contribution in [0.1, 0.15) is 42.5 Å². The summed E-state index contributed by atoms with van der Waals surface area (Å²) in [5.74, 6) is -2.29. The van der Waals surface area contributed by atoms with Crippen LogP contribution in [0.15, 0.2) is 34.3 Å². The molecule has 1 aliphatic heterocycles. The van der Waals surface area contributed by atoms with Crippen LogP contribution in [-0.2, 0) is 4.79 Å². The minimum Gasteiger partial charge on any atom is -0.475 e. The molecule has 2 aliphatic rings. The molecule has 1 aromatic rings. The van der Waals surface area contributed by atoms with Crippen LogP contribution >= 0.6 is 0 Å². The van der Waals surface area contributed by atoms with E-state index < -0.39 is 17.4 Å². The van der Waals surface area contributed by atoms with Gasteiger partial charge in [-0.25, -0.2) is 9.79 Å². The molecule has 126 valence electrons. The van der Waals surface area contributed by atoms with Gasteiger partial charge in [-0.1, -0.05) is 18.6 Å². The van der Waals surface area contributed by atoms with E-state index >= 15 is 0 Å². The molecule has 3 rings (SSSR count). The summed E-state index contributed by atoms with van der Waals surface area (Å²) in [5, 5.41) is 9.09. The maximum atomic E-state index is 12.1. The fourth-order valence-electron chi connectivity index (χ4n) is 3.45. The number of carbonyl (C=O) groups excluding carboxylic acids is 1. The van der Waals surface area contributed by atoms with Gasteiger partial charge in [0.2, 0.25) is 11.9 Å². The number of anilines is 1. The lowest BCUT2D eigenvalue weighted by Crippen LogP contribution is -2.58. The van der Waals surface area contributed by atoms with Crippen LogP contribution < -0.4 is 16.4 Å². The predicted molar refractivity (Wildman–Crippen MR) is 89.9 cm³/mol. The number of carbonyl (C=O) groups is 2. The molecule has 0 saturated heterocycles. The second-order valence-electron chi connectivity index (χ2n) is 5.97. The van der Waals surface area contributed by atoms with Gasteiger partial charge in [0, 0.05) is 0 Å². The van der Waals surface area contributed by atoms with E-state index in [0.717, 1.165) is 19.3 Å². The number of nitrogens with two attached hydrogens (primary N) is 2. The van der Waals surface area contributed by atoms with Gasteiger partial charge in [0.05, 0.1) is 11.3 Å². The molecule has 1 spiro atoms. The van der Waals surface area contributed by atoms with Crippen molar-refractivity contribution in [2.75, 3.05) is 4.90 Å². The van der Waals surface area contributed by atoms with E-state index in [1.54, 1.807) is 23.1 Å². The molecule has 1 aromatic carbocycles. The molecule has 0 amide bonds. The monoisotopic (exact) mass is 329 g/mol.